The molecule has 0 saturated carbocycles. The summed E-state index contributed by atoms with van der Waals surface area (Å²) >= 11 is 0. The summed E-state index contributed by atoms with van der Waals surface area (Å²) in [6.45, 7) is 3.51. The van der Waals surface area contributed by atoms with E-state index in [1.54, 1.807) is 0 Å². The number of hydrogen-bond acceptors (Lipinski definition) is 5. The van der Waals surface area contributed by atoms with Gasteiger partial charge in [0.15, 0.2) is 5.78 Å². The quantitative estimate of drug-likeness (QED) is 0.368. The van der Waals surface area contributed by atoms with E-state index >= 15 is 0 Å². The largest absolute Gasteiger partial charge is 0.350 e. The van der Waals surface area contributed by atoms with Crippen molar-refractivity contribution in [3.63, 3.8) is 0 Å². The van der Waals surface area contributed by atoms with Crippen LogP contribution in [0.4, 0.5) is 0 Å². The van der Waals surface area contributed by atoms with Gasteiger partial charge in [-0.25, -0.2) is 0 Å². The summed E-state index contributed by atoms with van der Waals surface area (Å²) in [5.41, 5.74) is 2.77. The first kappa shape index (κ1) is 25.5. The fraction of sp³-hybridized carbons (Fsp3) is 0.320. The SMILES string of the molecule is CC(=O)N[C@@H](Cc1ccccc1C)C(=O)N[C@@H](CCC(=O)C=N)C(=O)NCc1ccccc1. The maximum atomic E-state index is 13.1. The average Bonchev–Trinajstić information content (AvgIpc) is 2.81. The third-order valence-corrected chi connectivity index (χ3v) is 5.16. The molecule has 0 aromatic heterocycles. The van der Waals surface area contributed by atoms with Gasteiger partial charge >= 0.3 is 0 Å². The van der Waals surface area contributed by atoms with Crippen LogP contribution >= 0.6 is 0 Å². The molecule has 2 rings (SSSR count). The molecule has 8 nitrogen and oxygen atoms in total. The van der Waals surface area contributed by atoms with Gasteiger partial charge in [0.1, 0.15) is 12.1 Å². The molecule has 2 aromatic rings. The van der Waals surface area contributed by atoms with E-state index in [0.29, 0.717) is 6.21 Å². The highest BCUT2D eigenvalue weighted by molar-refractivity contribution is 6.26. The fourth-order valence-corrected chi connectivity index (χ4v) is 3.32. The van der Waals surface area contributed by atoms with Crippen molar-refractivity contribution in [2.45, 2.75) is 51.7 Å². The summed E-state index contributed by atoms with van der Waals surface area (Å²) in [5, 5.41) is 15.2. The van der Waals surface area contributed by atoms with E-state index in [9.17, 15) is 19.2 Å². The van der Waals surface area contributed by atoms with Gasteiger partial charge in [0.05, 0.1) is 6.21 Å². The highest BCUT2D eigenvalue weighted by Crippen LogP contribution is 2.11. The molecule has 8 heteroatoms. The Labute approximate surface area is 193 Å². The molecule has 2 atom stereocenters. The second kappa shape index (κ2) is 12.9. The van der Waals surface area contributed by atoms with Crippen molar-refractivity contribution >= 4 is 29.7 Å². The van der Waals surface area contributed by atoms with E-state index < -0.39 is 29.7 Å². The molecule has 0 bridgehead atoms. The maximum Gasteiger partial charge on any atom is 0.243 e. The number of Topliss-reactive ketones (excluding diaryl/α,β-unsaturated/α-hetero) is 1. The van der Waals surface area contributed by atoms with Crippen LogP contribution < -0.4 is 16.0 Å². The Balaban J connectivity index is 2.13. The normalized spacial score (nSPS) is 12.2. The Morgan fingerprint density at radius 3 is 2.21 bits per heavy atom. The lowest BCUT2D eigenvalue weighted by molar-refractivity contribution is -0.132. The molecular weight excluding hydrogens is 420 g/mol. The van der Waals surface area contributed by atoms with Gasteiger partial charge in [0.2, 0.25) is 17.7 Å². The summed E-state index contributed by atoms with van der Waals surface area (Å²) in [4.78, 5) is 49.2. The molecule has 0 spiro atoms. The van der Waals surface area contributed by atoms with Crippen LogP contribution in [-0.2, 0) is 32.1 Å². The molecule has 33 heavy (non-hydrogen) atoms. The third-order valence-electron chi connectivity index (χ3n) is 5.16. The standard InChI is InChI=1S/C25H30N4O4/c1-17-8-6-7-11-20(17)14-23(28-18(2)30)25(33)29-22(13-12-21(31)15-26)24(32)27-16-19-9-4-3-5-10-19/h3-11,15,22-23,26H,12-14,16H2,1-2H3,(H,27,32)(H,28,30)(H,29,33)/t22-,23-/m0/s1. The van der Waals surface area contributed by atoms with E-state index in [-0.39, 0.29) is 31.7 Å². The minimum Gasteiger partial charge on any atom is -0.350 e. The molecule has 0 saturated heterocycles. The fourth-order valence-electron chi connectivity index (χ4n) is 3.32. The Morgan fingerprint density at radius 1 is 0.909 bits per heavy atom. The number of amides is 3. The number of hydrogen-bond donors (Lipinski definition) is 4. The van der Waals surface area contributed by atoms with Gasteiger partial charge in [-0.05, 0) is 30.0 Å². The summed E-state index contributed by atoms with van der Waals surface area (Å²) in [5.74, 6) is -1.77. The summed E-state index contributed by atoms with van der Waals surface area (Å²) in [6.07, 6.45) is 0.933. The highest BCUT2D eigenvalue weighted by Gasteiger charge is 2.27. The molecule has 0 fully saturated rings. The van der Waals surface area contributed by atoms with Crippen LogP contribution in [0.3, 0.4) is 0 Å². The van der Waals surface area contributed by atoms with Crippen molar-refractivity contribution in [1.82, 2.24) is 16.0 Å². The van der Waals surface area contributed by atoms with Crippen LogP contribution in [0.1, 0.15) is 36.5 Å². The van der Waals surface area contributed by atoms with Crippen LogP contribution in [0, 0.1) is 12.3 Å². The van der Waals surface area contributed by atoms with Gasteiger partial charge in [-0.1, -0.05) is 54.6 Å². The summed E-state index contributed by atoms with van der Waals surface area (Å²) < 4.78 is 0. The molecule has 3 amide bonds. The number of benzene rings is 2. The Kier molecular flexibility index (Phi) is 9.95. The first-order valence-corrected chi connectivity index (χ1v) is 10.8. The molecule has 0 heterocycles. The molecule has 2 aromatic carbocycles. The van der Waals surface area contributed by atoms with Gasteiger partial charge in [-0.3, -0.25) is 19.2 Å². The molecule has 0 aliphatic carbocycles. The van der Waals surface area contributed by atoms with Crippen LogP contribution in [0.15, 0.2) is 54.6 Å². The first-order chi connectivity index (χ1) is 15.8. The smallest absolute Gasteiger partial charge is 0.243 e. The topological polar surface area (TPSA) is 128 Å². The van der Waals surface area contributed by atoms with Crippen LogP contribution in [0.2, 0.25) is 0 Å². The predicted molar refractivity (Wildman–Crippen MR) is 126 cm³/mol. The molecule has 0 aliphatic heterocycles. The molecule has 174 valence electrons. The van der Waals surface area contributed by atoms with Crippen molar-refractivity contribution in [3.05, 3.63) is 71.3 Å². The second-order valence-electron chi connectivity index (χ2n) is 7.80. The highest BCUT2D eigenvalue weighted by atomic mass is 16.2. The van der Waals surface area contributed by atoms with Crippen molar-refractivity contribution in [1.29, 1.82) is 5.41 Å². The maximum absolute atomic E-state index is 13.1. The molecule has 0 unspecified atom stereocenters. The Morgan fingerprint density at radius 2 is 1.58 bits per heavy atom. The van der Waals surface area contributed by atoms with Gasteiger partial charge < -0.3 is 21.4 Å². The zero-order valence-corrected chi connectivity index (χ0v) is 18.9. The van der Waals surface area contributed by atoms with E-state index in [1.165, 1.54) is 6.92 Å². The number of carbonyl (C=O) groups is 4. The van der Waals surface area contributed by atoms with Gasteiger partial charge in [-0.2, -0.15) is 0 Å². The van der Waals surface area contributed by atoms with E-state index in [0.717, 1.165) is 16.7 Å². The van der Waals surface area contributed by atoms with Crippen LogP contribution in [0.25, 0.3) is 0 Å². The number of rotatable bonds is 12. The zero-order valence-electron chi connectivity index (χ0n) is 18.9. The minimum absolute atomic E-state index is 0.0394. The van der Waals surface area contributed by atoms with Gasteiger partial charge in [0, 0.05) is 26.3 Å². The van der Waals surface area contributed by atoms with Crippen molar-refractivity contribution in [2.75, 3.05) is 0 Å². The molecule has 0 radical (unpaired) electrons. The van der Waals surface area contributed by atoms with E-state index in [1.807, 2.05) is 61.5 Å². The van der Waals surface area contributed by atoms with Gasteiger partial charge in [-0.15, -0.1) is 0 Å². The lowest BCUT2D eigenvalue weighted by Gasteiger charge is -2.23. The molecular formula is C25H30N4O4. The summed E-state index contributed by atoms with van der Waals surface area (Å²) in [7, 11) is 0. The van der Waals surface area contributed by atoms with Crippen molar-refractivity contribution in [2.24, 2.45) is 0 Å². The van der Waals surface area contributed by atoms with E-state index in [4.69, 9.17) is 5.41 Å². The molecule has 4 N–H and O–H groups in total. The van der Waals surface area contributed by atoms with Gasteiger partial charge in [0.25, 0.3) is 0 Å². The Hall–Kier alpha value is -3.81. The monoisotopic (exact) mass is 450 g/mol. The lowest BCUT2D eigenvalue weighted by Crippen LogP contribution is -2.54. The minimum atomic E-state index is -0.988. The zero-order chi connectivity index (χ0) is 24.2. The number of aryl methyl sites for hydroxylation is 1. The van der Waals surface area contributed by atoms with E-state index in [2.05, 4.69) is 16.0 Å². The van der Waals surface area contributed by atoms with Crippen molar-refractivity contribution in [3.8, 4) is 0 Å². The second-order valence-corrected chi connectivity index (χ2v) is 7.80. The average molecular weight is 451 g/mol. The van der Waals surface area contributed by atoms with Crippen molar-refractivity contribution < 1.29 is 19.2 Å². The number of carbonyl (C=O) groups excluding carboxylic acids is 4. The number of nitrogens with one attached hydrogen (secondary N) is 4. The molecule has 0 aliphatic rings. The van der Waals surface area contributed by atoms with Crippen LogP contribution in [-0.4, -0.2) is 41.8 Å². The Bertz CT molecular complexity index is 991. The summed E-state index contributed by atoms with van der Waals surface area (Å²) in [6, 6.07) is 15.0. The first-order valence-electron chi connectivity index (χ1n) is 10.8. The number of ketones is 1. The third kappa shape index (κ3) is 8.68. The predicted octanol–water partition coefficient (Wildman–Crippen LogP) is 1.84. The lowest BCUT2D eigenvalue weighted by atomic mass is 10.00. The van der Waals surface area contributed by atoms with Crippen LogP contribution in [0.5, 0.6) is 0 Å².